The SMILES string of the molecule is CCOc1ccc(S(=O)(=O)N2CC[NH+](CCOc3cccc(C)c3)CC2)cc1. The first kappa shape index (κ1) is 20.6. The molecule has 0 spiro atoms. The number of piperazine rings is 1. The van der Waals surface area contributed by atoms with Gasteiger partial charge in [-0.3, -0.25) is 0 Å². The standard InChI is InChI=1S/C21H28N2O4S/c1-3-26-19-7-9-21(10-8-19)28(24,25)23-13-11-22(12-14-23)15-16-27-20-6-4-5-18(2)17-20/h4-10,17H,3,11-16H2,1-2H3/p+1. The van der Waals surface area contributed by atoms with Gasteiger partial charge in [0, 0.05) is 0 Å². The fourth-order valence-electron chi connectivity index (χ4n) is 3.33. The molecular weight excluding hydrogens is 376 g/mol. The lowest BCUT2D eigenvalue weighted by atomic mass is 10.2. The first-order chi connectivity index (χ1) is 13.5. The lowest BCUT2D eigenvalue weighted by Gasteiger charge is -2.31. The highest BCUT2D eigenvalue weighted by molar-refractivity contribution is 7.89. The number of sulfonamides is 1. The highest BCUT2D eigenvalue weighted by atomic mass is 32.2. The summed E-state index contributed by atoms with van der Waals surface area (Å²) in [4.78, 5) is 1.69. The van der Waals surface area contributed by atoms with Crippen molar-refractivity contribution in [2.24, 2.45) is 0 Å². The number of benzene rings is 2. The van der Waals surface area contributed by atoms with Crippen molar-refractivity contribution in [3.8, 4) is 11.5 Å². The predicted molar refractivity (Wildman–Crippen MR) is 109 cm³/mol. The van der Waals surface area contributed by atoms with Crippen molar-refractivity contribution < 1.29 is 22.8 Å². The smallest absolute Gasteiger partial charge is 0.243 e. The third-order valence-corrected chi connectivity index (χ3v) is 6.83. The minimum atomic E-state index is -3.45. The van der Waals surface area contributed by atoms with Crippen LogP contribution in [0.2, 0.25) is 0 Å². The number of quaternary nitrogens is 1. The average Bonchev–Trinajstić information content (AvgIpc) is 2.69. The van der Waals surface area contributed by atoms with Gasteiger partial charge in [0.1, 0.15) is 24.7 Å². The van der Waals surface area contributed by atoms with Gasteiger partial charge in [0.25, 0.3) is 0 Å². The maximum absolute atomic E-state index is 12.8. The zero-order valence-corrected chi connectivity index (χ0v) is 17.4. The van der Waals surface area contributed by atoms with E-state index in [-0.39, 0.29) is 0 Å². The molecule has 7 heteroatoms. The van der Waals surface area contributed by atoms with Gasteiger partial charge in [-0.25, -0.2) is 8.42 Å². The van der Waals surface area contributed by atoms with E-state index >= 15 is 0 Å². The van der Waals surface area contributed by atoms with Crippen molar-refractivity contribution in [1.82, 2.24) is 4.31 Å². The van der Waals surface area contributed by atoms with Crippen LogP contribution in [0.15, 0.2) is 53.4 Å². The minimum Gasteiger partial charge on any atom is -0.494 e. The molecule has 2 aromatic carbocycles. The largest absolute Gasteiger partial charge is 0.494 e. The number of aryl methyl sites for hydroxylation is 1. The molecule has 1 saturated heterocycles. The summed E-state index contributed by atoms with van der Waals surface area (Å²) in [5, 5.41) is 0. The van der Waals surface area contributed by atoms with Crippen molar-refractivity contribution in [3.63, 3.8) is 0 Å². The summed E-state index contributed by atoms with van der Waals surface area (Å²) in [5.41, 5.74) is 1.18. The zero-order valence-electron chi connectivity index (χ0n) is 16.6. The van der Waals surface area contributed by atoms with Crippen LogP contribution in [0.4, 0.5) is 0 Å². The number of rotatable bonds is 8. The Balaban J connectivity index is 1.48. The second kappa shape index (κ2) is 9.41. The van der Waals surface area contributed by atoms with Gasteiger partial charge in [0.15, 0.2) is 0 Å². The van der Waals surface area contributed by atoms with E-state index in [0.29, 0.717) is 36.9 Å². The molecule has 1 heterocycles. The second-order valence-electron chi connectivity index (χ2n) is 6.97. The van der Waals surface area contributed by atoms with Crippen molar-refractivity contribution in [3.05, 3.63) is 54.1 Å². The van der Waals surface area contributed by atoms with Gasteiger partial charge in [-0.15, -0.1) is 0 Å². The monoisotopic (exact) mass is 405 g/mol. The topological polar surface area (TPSA) is 60.3 Å². The van der Waals surface area contributed by atoms with E-state index in [4.69, 9.17) is 9.47 Å². The van der Waals surface area contributed by atoms with Crippen LogP contribution in [0.25, 0.3) is 0 Å². The Labute approximate surface area is 167 Å². The fourth-order valence-corrected chi connectivity index (χ4v) is 4.78. The van der Waals surface area contributed by atoms with Gasteiger partial charge in [0.2, 0.25) is 10.0 Å². The van der Waals surface area contributed by atoms with Gasteiger partial charge >= 0.3 is 0 Å². The number of ether oxygens (including phenoxy) is 2. The van der Waals surface area contributed by atoms with Crippen molar-refractivity contribution in [2.45, 2.75) is 18.7 Å². The first-order valence-corrected chi connectivity index (χ1v) is 11.2. The molecule has 6 nitrogen and oxygen atoms in total. The molecule has 1 aliphatic heterocycles. The van der Waals surface area contributed by atoms with Crippen molar-refractivity contribution in [2.75, 3.05) is 45.9 Å². The molecule has 0 atom stereocenters. The molecule has 0 radical (unpaired) electrons. The van der Waals surface area contributed by atoms with E-state index in [2.05, 4.69) is 0 Å². The summed E-state index contributed by atoms with van der Waals surface area (Å²) in [5.74, 6) is 1.57. The van der Waals surface area contributed by atoms with E-state index in [1.165, 1.54) is 10.5 Å². The molecule has 0 aromatic heterocycles. The minimum absolute atomic E-state index is 0.321. The number of nitrogens with zero attached hydrogens (tertiary/aromatic N) is 1. The predicted octanol–water partition coefficient (Wildman–Crippen LogP) is 1.36. The van der Waals surface area contributed by atoms with Gasteiger partial charge in [-0.05, 0) is 55.8 Å². The summed E-state index contributed by atoms with van der Waals surface area (Å²) in [6.45, 7) is 8.62. The van der Waals surface area contributed by atoms with Gasteiger partial charge < -0.3 is 14.4 Å². The van der Waals surface area contributed by atoms with Crippen LogP contribution in [0, 0.1) is 6.92 Å². The lowest BCUT2D eigenvalue weighted by Crippen LogP contribution is -3.15. The van der Waals surface area contributed by atoms with Crippen LogP contribution in [0.3, 0.4) is 0 Å². The molecule has 0 bridgehead atoms. The Kier molecular flexibility index (Phi) is 6.93. The molecule has 0 saturated carbocycles. The van der Waals surface area contributed by atoms with Crippen LogP contribution in [-0.4, -0.2) is 58.7 Å². The molecule has 0 unspecified atom stereocenters. The second-order valence-corrected chi connectivity index (χ2v) is 8.91. The average molecular weight is 406 g/mol. The Morgan fingerprint density at radius 2 is 1.71 bits per heavy atom. The van der Waals surface area contributed by atoms with Gasteiger partial charge in [-0.2, -0.15) is 4.31 Å². The summed E-state index contributed by atoms with van der Waals surface area (Å²) in [7, 11) is -3.45. The van der Waals surface area contributed by atoms with E-state index in [1.54, 1.807) is 28.6 Å². The quantitative estimate of drug-likeness (QED) is 0.721. The van der Waals surface area contributed by atoms with Crippen LogP contribution >= 0.6 is 0 Å². The molecule has 28 heavy (non-hydrogen) atoms. The van der Waals surface area contributed by atoms with Gasteiger partial charge in [0.05, 0.1) is 37.7 Å². The third-order valence-electron chi connectivity index (χ3n) is 4.92. The van der Waals surface area contributed by atoms with Gasteiger partial charge in [-0.1, -0.05) is 12.1 Å². The number of hydrogen-bond donors (Lipinski definition) is 1. The van der Waals surface area contributed by atoms with E-state index < -0.39 is 10.0 Å². The molecule has 1 N–H and O–H groups in total. The third kappa shape index (κ3) is 5.25. The lowest BCUT2D eigenvalue weighted by molar-refractivity contribution is -0.903. The summed E-state index contributed by atoms with van der Waals surface area (Å²) < 4.78 is 38.5. The molecule has 0 aliphatic carbocycles. The molecule has 0 amide bonds. The summed E-state index contributed by atoms with van der Waals surface area (Å²) in [6.07, 6.45) is 0. The summed E-state index contributed by atoms with van der Waals surface area (Å²) in [6, 6.07) is 14.7. The van der Waals surface area contributed by atoms with Crippen LogP contribution in [-0.2, 0) is 10.0 Å². The normalized spacial score (nSPS) is 16.1. The van der Waals surface area contributed by atoms with Crippen molar-refractivity contribution >= 4 is 10.0 Å². The molecule has 3 rings (SSSR count). The number of hydrogen-bond acceptors (Lipinski definition) is 4. The zero-order chi connectivity index (χ0) is 20.0. The summed E-state index contributed by atoms with van der Waals surface area (Å²) >= 11 is 0. The Hall–Kier alpha value is -2.09. The maximum atomic E-state index is 12.8. The molecule has 2 aromatic rings. The van der Waals surface area contributed by atoms with E-state index in [9.17, 15) is 8.42 Å². The Bertz CT molecular complexity index is 860. The molecular formula is C21H29N2O4S+. The Morgan fingerprint density at radius 3 is 2.36 bits per heavy atom. The van der Waals surface area contributed by atoms with E-state index in [0.717, 1.165) is 25.4 Å². The fraction of sp³-hybridized carbons (Fsp3) is 0.429. The van der Waals surface area contributed by atoms with E-state index in [1.807, 2.05) is 38.1 Å². The Morgan fingerprint density at radius 1 is 1.00 bits per heavy atom. The highest BCUT2D eigenvalue weighted by Crippen LogP contribution is 2.19. The van der Waals surface area contributed by atoms with Crippen LogP contribution in [0.1, 0.15) is 12.5 Å². The molecule has 1 fully saturated rings. The molecule has 152 valence electrons. The maximum Gasteiger partial charge on any atom is 0.243 e. The van der Waals surface area contributed by atoms with Crippen molar-refractivity contribution in [1.29, 1.82) is 0 Å². The van der Waals surface area contributed by atoms with Crippen LogP contribution in [0.5, 0.6) is 11.5 Å². The highest BCUT2D eigenvalue weighted by Gasteiger charge is 2.30. The first-order valence-electron chi connectivity index (χ1n) is 9.75. The van der Waals surface area contributed by atoms with Crippen LogP contribution < -0.4 is 14.4 Å². The molecule has 1 aliphatic rings. The number of nitrogens with one attached hydrogen (secondary N) is 1.